The molecule has 0 amide bonds. The van der Waals surface area contributed by atoms with Crippen molar-refractivity contribution >= 4 is 24.7 Å². The van der Waals surface area contributed by atoms with Gasteiger partial charge in [0.1, 0.15) is 5.82 Å². The molecule has 4 aromatic carbocycles. The molecule has 1 aliphatic rings. The van der Waals surface area contributed by atoms with Gasteiger partial charge in [0.15, 0.2) is 0 Å². The molecule has 1 heterocycles. The van der Waals surface area contributed by atoms with Crippen LogP contribution in [0.2, 0.25) is 18.1 Å². The third-order valence-electron chi connectivity index (χ3n) is 7.62. The van der Waals surface area contributed by atoms with Crippen molar-refractivity contribution in [2.45, 2.75) is 63.6 Å². The highest BCUT2D eigenvalue weighted by Gasteiger charge is 2.24. The maximum Gasteiger partial charge on any atom is 0.132 e. The molecule has 0 atom stereocenters. The summed E-state index contributed by atoms with van der Waals surface area (Å²) >= 11 is 3.56. The van der Waals surface area contributed by atoms with Crippen LogP contribution in [0.15, 0.2) is 102 Å². The molecule has 0 N–H and O–H groups in total. The highest BCUT2D eigenvalue weighted by molar-refractivity contribution is 9.10. The lowest BCUT2D eigenvalue weighted by atomic mass is 9.92. The van der Waals surface area contributed by atoms with Crippen molar-refractivity contribution in [3.63, 3.8) is 0 Å². The van der Waals surface area contributed by atoms with Gasteiger partial charge in [-0.05, 0) is 84.0 Å². The van der Waals surface area contributed by atoms with Gasteiger partial charge in [-0.1, -0.05) is 121 Å². The fourth-order valence-electron chi connectivity index (χ4n) is 5.51. The Morgan fingerprint density at radius 3 is 2.17 bits per heavy atom. The van der Waals surface area contributed by atoms with E-state index in [1.807, 2.05) is 36.4 Å². The first-order valence-corrected chi connectivity index (χ1v) is 17.2. The van der Waals surface area contributed by atoms with Crippen LogP contribution < -0.4 is 0 Å². The molecule has 1 radical (unpaired) electrons. The van der Waals surface area contributed by atoms with Crippen LogP contribution in [0.1, 0.15) is 54.9 Å². The third-order valence-corrected chi connectivity index (χ3v) is 11.5. The molecule has 1 aliphatic heterocycles. The van der Waals surface area contributed by atoms with E-state index in [0.717, 1.165) is 30.2 Å². The van der Waals surface area contributed by atoms with Crippen molar-refractivity contribution < 1.29 is 4.39 Å². The van der Waals surface area contributed by atoms with E-state index >= 15 is 0 Å². The SMILES string of the molecule is CC(C)C[Si]1CCC(c2ccc(CCc3cccc(Br)c3)cc2)CC1.N#Cc1ccc(-c2ccccc2)c(F)c1. The molecule has 1 saturated heterocycles. The maximum atomic E-state index is 13.6. The van der Waals surface area contributed by atoms with Crippen molar-refractivity contribution in [1.82, 2.24) is 0 Å². The first-order valence-electron chi connectivity index (χ1n) is 14.3. The smallest absolute Gasteiger partial charge is 0.132 e. The van der Waals surface area contributed by atoms with Gasteiger partial charge in [-0.3, -0.25) is 0 Å². The monoisotopic (exact) mass is 610 g/mol. The molecule has 0 unspecified atom stereocenters. The van der Waals surface area contributed by atoms with Crippen LogP contribution in [0.3, 0.4) is 0 Å². The fourth-order valence-corrected chi connectivity index (χ4v) is 9.29. The summed E-state index contributed by atoms with van der Waals surface area (Å²) in [4.78, 5) is 0. The molecule has 0 aliphatic carbocycles. The summed E-state index contributed by atoms with van der Waals surface area (Å²) in [7, 11) is -0.0413. The molecule has 205 valence electrons. The number of benzene rings is 4. The van der Waals surface area contributed by atoms with Crippen LogP contribution >= 0.6 is 15.9 Å². The summed E-state index contributed by atoms with van der Waals surface area (Å²) in [6.07, 6.45) is 5.10. The second kappa shape index (κ2) is 15.1. The van der Waals surface area contributed by atoms with Crippen molar-refractivity contribution in [2.75, 3.05) is 0 Å². The zero-order valence-electron chi connectivity index (χ0n) is 23.5. The van der Waals surface area contributed by atoms with Gasteiger partial charge in [0.05, 0.1) is 11.6 Å². The molecule has 0 aromatic heterocycles. The Labute approximate surface area is 249 Å². The Morgan fingerprint density at radius 2 is 1.55 bits per heavy atom. The minimum absolute atomic E-state index is 0.0413. The topological polar surface area (TPSA) is 23.8 Å². The largest absolute Gasteiger partial charge is 0.206 e. The molecule has 40 heavy (non-hydrogen) atoms. The van der Waals surface area contributed by atoms with Gasteiger partial charge in [0.2, 0.25) is 0 Å². The Kier molecular flexibility index (Phi) is 11.3. The highest BCUT2D eigenvalue weighted by atomic mass is 79.9. The zero-order valence-corrected chi connectivity index (χ0v) is 26.1. The van der Waals surface area contributed by atoms with Gasteiger partial charge >= 0.3 is 0 Å². The Hall–Kier alpha value is -3.00. The van der Waals surface area contributed by atoms with E-state index in [0.29, 0.717) is 11.1 Å². The lowest BCUT2D eigenvalue weighted by molar-refractivity contribution is 0.597. The lowest BCUT2D eigenvalue weighted by Crippen LogP contribution is -2.21. The number of hydrogen-bond donors (Lipinski definition) is 0. The van der Waals surface area contributed by atoms with Crippen LogP contribution in [0.5, 0.6) is 0 Å². The fraction of sp³-hybridized carbons (Fsp3) is 0.306. The number of halogens is 2. The van der Waals surface area contributed by atoms with E-state index in [1.54, 1.807) is 17.7 Å². The van der Waals surface area contributed by atoms with Gasteiger partial charge in [-0.15, -0.1) is 0 Å². The summed E-state index contributed by atoms with van der Waals surface area (Å²) < 4.78 is 14.7. The van der Waals surface area contributed by atoms with Gasteiger partial charge < -0.3 is 0 Å². The number of nitriles is 1. The molecule has 1 fully saturated rings. The van der Waals surface area contributed by atoms with Gasteiger partial charge in [0, 0.05) is 18.8 Å². The van der Waals surface area contributed by atoms with Crippen molar-refractivity contribution in [2.24, 2.45) is 5.92 Å². The molecule has 1 nitrogen and oxygen atoms in total. The maximum absolute atomic E-state index is 13.6. The minimum atomic E-state index is -0.361. The van der Waals surface area contributed by atoms with Crippen LogP contribution in [0, 0.1) is 23.1 Å². The van der Waals surface area contributed by atoms with Crippen molar-refractivity contribution in [3.8, 4) is 17.2 Å². The normalized spacial score (nSPS) is 13.9. The van der Waals surface area contributed by atoms with E-state index in [9.17, 15) is 4.39 Å². The van der Waals surface area contributed by atoms with Crippen LogP contribution in [-0.2, 0) is 12.8 Å². The first kappa shape index (κ1) is 30.0. The second-order valence-electron chi connectivity index (χ2n) is 11.2. The quantitative estimate of drug-likeness (QED) is 0.191. The van der Waals surface area contributed by atoms with E-state index in [2.05, 4.69) is 78.3 Å². The molecular weight excluding hydrogens is 573 g/mol. The van der Waals surface area contributed by atoms with Gasteiger partial charge in [-0.2, -0.15) is 5.26 Å². The molecule has 0 spiro atoms. The van der Waals surface area contributed by atoms with Gasteiger partial charge in [0.25, 0.3) is 0 Å². The third kappa shape index (κ3) is 9.01. The minimum Gasteiger partial charge on any atom is -0.206 e. The molecular formula is C36H38BrFNSi. The summed E-state index contributed by atoms with van der Waals surface area (Å²) in [5, 5.41) is 8.61. The summed E-state index contributed by atoms with van der Waals surface area (Å²) in [5.41, 5.74) is 6.13. The predicted octanol–water partition coefficient (Wildman–Crippen LogP) is 10.6. The van der Waals surface area contributed by atoms with Crippen LogP contribution in [0.4, 0.5) is 4.39 Å². The Balaban J connectivity index is 0.000000210. The molecule has 4 aromatic rings. The number of nitrogens with zero attached hydrogens (tertiary/aromatic N) is 1. The van der Waals surface area contributed by atoms with E-state index in [4.69, 9.17) is 5.26 Å². The Morgan fingerprint density at radius 1 is 0.850 bits per heavy atom. The van der Waals surface area contributed by atoms with Gasteiger partial charge in [-0.25, -0.2) is 4.39 Å². The second-order valence-corrected chi connectivity index (χ2v) is 15.0. The summed E-state index contributed by atoms with van der Waals surface area (Å²) in [6.45, 7) is 4.77. The highest BCUT2D eigenvalue weighted by Crippen LogP contribution is 2.35. The van der Waals surface area contributed by atoms with E-state index in [1.165, 1.54) is 52.6 Å². The average molecular weight is 612 g/mol. The van der Waals surface area contributed by atoms with Crippen molar-refractivity contribution in [1.29, 1.82) is 5.26 Å². The van der Waals surface area contributed by atoms with Crippen LogP contribution in [-0.4, -0.2) is 8.80 Å². The number of rotatable bonds is 7. The summed E-state index contributed by atoms with van der Waals surface area (Å²) in [5.74, 6) is 1.36. The average Bonchev–Trinajstić information content (AvgIpc) is 2.97. The Bertz CT molecular complexity index is 1390. The van der Waals surface area contributed by atoms with E-state index < -0.39 is 0 Å². The molecule has 4 heteroatoms. The number of aryl methyl sites for hydroxylation is 2. The van der Waals surface area contributed by atoms with Crippen molar-refractivity contribution in [3.05, 3.63) is 130 Å². The molecule has 0 saturated carbocycles. The molecule has 0 bridgehead atoms. The van der Waals surface area contributed by atoms with Crippen LogP contribution in [0.25, 0.3) is 11.1 Å². The summed E-state index contributed by atoms with van der Waals surface area (Å²) in [6, 6.07) is 38.4. The number of hydrogen-bond acceptors (Lipinski definition) is 1. The molecule has 5 rings (SSSR count). The standard InChI is InChI=1S/C23H30BrSi.C13H8FN/c1-18(2)17-25-14-12-22(13-15-25)21-10-8-19(9-11-21)6-7-20-4-3-5-23(24)16-20;14-13-8-10(9-15)6-7-12(13)11-4-2-1-3-5-11/h3-5,8-11,16,18,22H,6-7,12-15,17H2,1-2H3;1-8H. The first-order chi connectivity index (χ1) is 19.4. The van der Waals surface area contributed by atoms with E-state index in [-0.39, 0.29) is 14.6 Å². The lowest BCUT2D eigenvalue weighted by Gasteiger charge is -2.28. The zero-order chi connectivity index (χ0) is 28.3. The predicted molar refractivity (Wildman–Crippen MR) is 172 cm³/mol.